The van der Waals surface area contributed by atoms with Gasteiger partial charge in [-0.2, -0.15) is 13.2 Å². The minimum atomic E-state index is -4.45. The highest BCUT2D eigenvalue weighted by Crippen LogP contribution is 2.42. The van der Waals surface area contributed by atoms with Crippen LogP contribution in [0, 0.1) is 0 Å². The lowest BCUT2D eigenvalue weighted by Crippen LogP contribution is -2.55. The quantitative estimate of drug-likeness (QED) is 0.420. The first-order valence-electron chi connectivity index (χ1n) is 9.56. The third-order valence-corrected chi connectivity index (χ3v) is 7.77. The molecule has 5 atom stereocenters. The van der Waals surface area contributed by atoms with Gasteiger partial charge >= 0.3 is 5.51 Å². The molecular weight excluding hydrogens is 539 g/mol. The standard InChI is InChI=1S/C18H17ClF3N5O4S3/c1-30-15-13(27-5-10(25-26-27)16-24-12(19)7-32-16)14(29)11(6-28)31-17(15)33-8-2-9(4-23-3-8)34-18(20,21)22/h2-5,7,11,13-15,17,28-29H,6H2,1H3/t11?,13?,14-,15?,17+/m0/s1. The predicted molar refractivity (Wildman–Crippen MR) is 120 cm³/mol. The molecule has 1 fully saturated rings. The van der Waals surface area contributed by atoms with Crippen LogP contribution >= 0.6 is 46.5 Å². The fraction of sp³-hybridized carbons (Fsp3) is 0.444. The molecule has 4 rings (SSSR count). The Labute approximate surface area is 208 Å². The number of methoxy groups -OCH3 is 1. The molecule has 1 aliphatic rings. The Balaban J connectivity index is 1.61. The van der Waals surface area contributed by atoms with Crippen molar-refractivity contribution in [3.05, 3.63) is 35.2 Å². The number of aliphatic hydroxyl groups excluding tert-OH is 2. The van der Waals surface area contributed by atoms with E-state index in [0.717, 1.165) is 18.0 Å². The Morgan fingerprint density at radius 2 is 2.09 bits per heavy atom. The highest BCUT2D eigenvalue weighted by atomic mass is 35.5. The van der Waals surface area contributed by atoms with Gasteiger partial charge in [-0.15, -0.1) is 16.4 Å². The highest BCUT2D eigenvalue weighted by Gasteiger charge is 2.47. The van der Waals surface area contributed by atoms with Gasteiger partial charge in [0.15, 0.2) is 0 Å². The molecule has 0 bridgehead atoms. The van der Waals surface area contributed by atoms with E-state index in [9.17, 15) is 23.4 Å². The summed E-state index contributed by atoms with van der Waals surface area (Å²) in [5.74, 6) is 0. The minimum Gasteiger partial charge on any atom is -0.394 e. The molecular formula is C18H17ClF3N5O4S3. The number of thioether (sulfide) groups is 2. The predicted octanol–water partition coefficient (Wildman–Crippen LogP) is 3.49. The first-order chi connectivity index (χ1) is 16.2. The fourth-order valence-electron chi connectivity index (χ4n) is 3.39. The summed E-state index contributed by atoms with van der Waals surface area (Å²) in [4.78, 5) is 8.33. The largest absolute Gasteiger partial charge is 0.446 e. The first kappa shape index (κ1) is 25.6. The fourth-order valence-corrected chi connectivity index (χ4v) is 6.11. The number of alkyl halides is 3. The van der Waals surface area contributed by atoms with Crippen LogP contribution in [0.1, 0.15) is 6.04 Å². The molecule has 184 valence electrons. The Bertz CT molecular complexity index is 1120. The van der Waals surface area contributed by atoms with Crippen molar-refractivity contribution >= 4 is 46.5 Å². The van der Waals surface area contributed by atoms with Crippen molar-refractivity contribution in [2.45, 2.75) is 45.1 Å². The van der Waals surface area contributed by atoms with E-state index in [1.165, 1.54) is 35.4 Å². The number of hydrogen-bond donors (Lipinski definition) is 2. The molecule has 0 aliphatic carbocycles. The number of pyridine rings is 1. The molecule has 0 saturated carbocycles. The van der Waals surface area contributed by atoms with E-state index in [1.807, 2.05) is 0 Å². The summed E-state index contributed by atoms with van der Waals surface area (Å²) in [6, 6.07) is 0.505. The molecule has 4 heterocycles. The topological polar surface area (TPSA) is 115 Å². The molecule has 3 aromatic rings. The van der Waals surface area contributed by atoms with Crippen LogP contribution in [0.3, 0.4) is 0 Å². The summed E-state index contributed by atoms with van der Waals surface area (Å²) in [7, 11) is 1.41. The van der Waals surface area contributed by atoms with Crippen molar-refractivity contribution in [3.8, 4) is 10.7 Å². The Hall–Kier alpha value is -1.46. The molecule has 34 heavy (non-hydrogen) atoms. The molecule has 3 unspecified atom stereocenters. The molecule has 1 saturated heterocycles. The number of thiazole rings is 1. The maximum atomic E-state index is 12.8. The zero-order valence-electron chi connectivity index (χ0n) is 17.2. The van der Waals surface area contributed by atoms with Crippen LogP contribution in [-0.2, 0) is 9.47 Å². The lowest BCUT2D eigenvalue weighted by atomic mass is 9.97. The Kier molecular flexibility index (Phi) is 8.03. The number of rotatable bonds is 7. The summed E-state index contributed by atoms with van der Waals surface area (Å²) in [6.45, 7) is -0.503. The number of aromatic nitrogens is 5. The summed E-state index contributed by atoms with van der Waals surface area (Å²) in [5.41, 5.74) is -4.84. The average Bonchev–Trinajstić information content (AvgIpc) is 3.42. The summed E-state index contributed by atoms with van der Waals surface area (Å²) < 4.78 is 51.1. The minimum absolute atomic E-state index is 0.0828. The van der Waals surface area contributed by atoms with Crippen LogP contribution in [0.5, 0.6) is 0 Å². The van der Waals surface area contributed by atoms with Gasteiger partial charge in [-0.25, -0.2) is 9.67 Å². The van der Waals surface area contributed by atoms with E-state index in [-0.39, 0.29) is 16.7 Å². The Morgan fingerprint density at radius 3 is 2.74 bits per heavy atom. The van der Waals surface area contributed by atoms with Crippen molar-refractivity contribution in [1.29, 1.82) is 0 Å². The summed E-state index contributed by atoms with van der Waals surface area (Å²) in [5, 5.41) is 31.3. The highest BCUT2D eigenvalue weighted by molar-refractivity contribution is 8.00. The van der Waals surface area contributed by atoms with Crippen LogP contribution in [0.25, 0.3) is 10.7 Å². The van der Waals surface area contributed by atoms with E-state index < -0.39 is 41.9 Å². The first-order valence-corrected chi connectivity index (χ1v) is 12.5. The number of nitrogens with zero attached hydrogens (tertiary/aromatic N) is 5. The molecule has 0 spiro atoms. The van der Waals surface area contributed by atoms with E-state index in [1.54, 1.807) is 11.6 Å². The van der Waals surface area contributed by atoms with Crippen molar-refractivity contribution in [3.63, 3.8) is 0 Å². The van der Waals surface area contributed by atoms with Crippen molar-refractivity contribution in [1.82, 2.24) is 25.0 Å². The molecule has 16 heteroatoms. The third kappa shape index (κ3) is 5.84. The smallest absolute Gasteiger partial charge is 0.394 e. The maximum absolute atomic E-state index is 12.8. The van der Waals surface area contributed by atoms with Crippen molar-refractivity contribution < 1.29 is 32.9 Å². The third-order valence-electron chi connectivity index (χ3n) is 4.78. The molecule has 9 nitrogen and oxygen atoms in total. The van der Waals surface area contributed by atoms with Gasteiger partial charge < -0.3 is 19.7 Å². The van der Waals surface area contributed by atoms with E-state index in [0.29, 0.717) is 20.8 Å². The Morgan fingerprint density at radius 1 is 1.32 bits per heavy atom. The molecule has 0 aromatic carbocycles. The van der Waals surface area contributed by atoms with Crippen LogP contribution in [0.4, 0.5) is 13.2 Å². The van der Waals surface area contributed by atoms with Gasteiger partial charge in [0.1, 0.15) is 45.6 Å². The van der Waals surface area contributed by atoms with Crippen LogP contribution in [0.2, 0.25) is 5.15 Å². The zero-order chi connectivity index (χ0) is 24.5. The van der Waals surface area contributed by atoms with E-state index in [2.05, 4.69) is 20.3 Å². The van der Waals surface area contributed by atoms with Crippen LogP contribution in [-0.4, -0.2) is 78.1 Å². The normalized spacial score (nSPS) is 25.6. The molecule has 0 amide bonds. The van der Waals surface area contributed by atoms with Crippen LogP contribution < -0.4 is 0 Å². The van der Waals surface area contributed by atoms with Gasteiger partial charge in [-0.05, 0) is 17.8 Å². The van der Waals surface area contributed by atoms with Gasteiger partial charge in [0.05, 0.1) is 12.8 Å². The van der Waals surface area contributed by atoms with Gasteiger partial charge in [-0.1, -0.05) is 28.6 Å². The maximum Gasteiger partial charge on any atom is 0.446 e. The summed E-state index contributed by atoms with van der Waals surface area (Å²) in [6.07, 6.45) is 1.05. The van der Waals surface area contributed by atoms with Gasteiger partial charge in [0.2, 0.25) is 0 Å². The number of halogens is 4. The van der Waals surface area contributed by atoms with Gasteiger partial charge in [-0.3, -0.25) is 4.98 Å². The second kappa shape index (κ2) is 10.7. The van der Waals surface area contributed by atoms with Crippen molar-refractivity contribution in [2.24, 2.45) is 0 Å². The van der Waals surface area contributed by atoms with E-state index in [4.69, 9.17) is 21.1 Å². The lowest BCUT2D eigenvalue weighted by Gasteiger charge is -2.43. The summed E-state index contributed by atoms with van der Waals surface area (Å²) >= 11 is 7.94. The monoisotopic (exact) mass is 555 g/mol. The van der Waals surface area contributed by atoms with Crippen molar-refractivity contribution in [2.75, 3.05) is 13.7 Å². The van der Waals surface area contributed by atoms with Gasteiger partial charge in [0.25, 0.3) is 0 Å². The molecule has 2 N–H and O–H groups in total. The van der Waals surface area contributed by atoms with Crippen LogP contribution in [0.15, 0.2) is 39.8 Å². The molecule has 1 aliphatic heterocycles. The lowest BCUT2D eigenvalue weighted by molar-refractivity contribution is -0.186. The second-order valence-electron chi connectivity index (χ2n) is 6.99. The molecule has 0 radical (unpaired) electrons. The average molecular weight is 556 g/mol. The molecule has 3 aromatic heterocycles. The number of aliphatic hydroxyl groups is 2. The number of hydrogen-bond acceptors (Lipinski definition) is 11. The van der Waals surface area contributed by atoms with Gasteiger partial charge in [0, 0.05) is 34.7 Å². The van der Waals surface area contributed by atoms with E-state index >= 15 is 0 Å². The number of ether oxygens (including phenoxy) is 2. The zero-order valence-corrected chi connectivity index (χ0v) is 20.4. The SMILES string of the molecule is COC1C(n2cc(-c3nc(Cl)cs3)nn2)[C@@H](O)C(CO)O[C@@H]1Sc1cncc(SC(F)(F)F)c1. The second-order valence-corrected chi connectivity index (χ2v) is 10.5.